The lowest BCUT2D eigenvalue weighted by atomic mass is 9.86. The first-order valence-electron chi connectivity index (χ1n) is 6.75. The van der Waals surface area contributed by atoms with Crippen LogP contribution < -0.4 is 5.32 Å². The molecule has 1 heterocycles. The number of carbonyl (C=O) groups excluding carboxylic acids is 1. The van der Waals surface area contributed by atoms with Gasteiger partial charge in [0.15, 0.2) is 0 Å². The molecular weight excluding hydrogens is 254 g/mol. The summed E-state index contributed by atoms with van der Waals surface area (Å²) in [7, 11) is -0.0643. The molecule has 3 nitrogen and oxygen atoms in total. The second-order valence-electron chi connectivity index (χ2n) is 6.52. The molecule has 0 spiro atoms. The molecule has 0 aliphatic heterocycles. The van der Waals surface area contributed by atoms with Crippen LogP contribution in [0.4, 0.5) is 0 Å². The van der Waals surface area contributed by atoms with Crippen LogP contribution in [0.1, 0.15) is 26.7 Å². The van der Waals surface area contributed by atoms with Crippen molar-refractivity contribution in [3.05, 3.63) is 24.4 Å². The maximum absolute atomic E-state index is 11.4. The minimum Gasteiger partial charge on any atom is -0.469 e. The Morgan fingerprint density at radius 1 is 1.37 bits per heavy atom. The topological polar surface area (TPSA) is 39.2 Å². The number of carbonyl (C=O) groups is 1. The van der Waals surface area contributed by atoms with Crippen LogP contribution in [-0.2, 0) is 9.53 Å². The molecule has 0 radical (unpaired) electrons. The summed E-state index contributed by atoms with van der Waals surface area (Å²) in [4.78, 5) is 15.9. The molecule has 19 heavy (non-hydrogen) atoms. The first-order valence-corrected chi connectivity index (χ1v) is 9.96. The molecular formula is C15H25NO2Si. The highest BCUT2D eigenvalue weighted by atomic mass is 28.3. The number of methoxy groups -OCH3 is 1. The third-order valence-corrected chi connectivity index (χ3v) is 6.82. The van der Waals surface area contributed by atoms with Crippen molar-refractivity contribution < 1.29 is 9.53 Å². The number of ether oxygens (including phenoxy) is 1. The Kier molecular flexibility index (Phi) is 5.29. The zero-order chi connectivity index (χ0) is 14.5. The molecule has 106 valence electrons. The molecule has 0 saturated heterocycles. The van der Waals surface area contributed by atoms with Crippen molar-refractivity contribution in [2.45, 2.75) is 45.8 Å². The Balaban J connectivity index is 2.62. The van der Waals surface area contributed by atoms with Crippen LogP contribution in [0.25, 0.3) is 0 Å². The van der Waals surface area contributed by atoms with Gasteiger partial charge in [-0.3, -0.25) is 9.78 Å². The minimum absolute atomic E-state index is 0.00779. The standard InChI is InChI=1S/C15H25NO2Si/c1-15(2,12-14(17)18-3)9-11-19(4,5)13-8-6-7-10-16-13/h6-8,10H,9,11-12H2,1-5H3. The highest BCUT2D eigenvalue weighted by Gasteiger charge is 2.30. The largest absolute Gasteiger partial charge is 0.469 e. The van der Waals surface area contributed by atoms with Crippen molar-refractivity contribution >= 4 is 19.4 Å². The molecule has 0 aliphatic rings. The van der Waals surface area contributed by atoms with Crippen LogP contribution in [0.15, 0.2) is 24.4 Å². The SMILES string of the molecule is COC(=O)CC(C)(C)CC[Si](C)(C)c1ccccn1. The van der Waals surface area contributed by atoms with E-state index in [0.717, 1.165) is 12.5 Å². The number of rotatable bonds is 6. The van der Waals surface area contributed by atoms with Crippen LogP contribution in [0, 0.1) is 5.41 Å². The van der Waals surface area contributed by atoms with Gasteiger partial charge in [-0.1, -0.05) is 39.1 Å². The Morgan fingerprint density at radius 3 is 2.58 bits per heavy atom. The normalized spacial score (nSPS) is 12.3. The second kappa shape index (κ2) is 6.33. The average molecular weight is 279 g/mol. The summed E-state index contributed by atoms with van der Waals surface area (Å²) in [5, 5.41) is 1.24. The lowest BCUT2D eigenvalue weighted by Gasteiger charge is -2.28. The molecule has 0 atom stereocenters. The number of nitrogens with zero attached hydrogens (tertiary/aromatic N) is 1. The zero-order valence-corrected chi connectivity index (χ0v) is 13.7. The van der Waals surface area contributed by atoms with E-state index >= 15 is 0 Å². The fraction of sp³-hybridized carbons (Fsp3) is 0.600. The lowest BCUT2D eigenvalue weighted by Crippen LogP contribution is -2.43. The van der Waals surface area contributed by atoms with Gasteiger partial charge >= 0.3 is 5.97 Å². The lowest BCUT2D eigenvalue weighted by molar-refractivity contribution is -0.142. The molecule has 0 N–H and O–H groups in total. The van der Waals surface area contributed by atoms with E-state index < -0.39 is 8.07 Å². The second-order valence-corrected chi connectivity index (χ2v) is 11.3. The van der Waals surface area contributed by atoms with Crippen molar-refractivity contribution in [2.75, 3.05) is 7.11 Å². The summed E-state index contributed by atoms with van der Waals surface area (Å²) in [6.07, 6.45) is 3.37. The Labute approximate surface area is 117 Å². The van der Waals surface area contributed by atoms with Crippen molar-refractivity contribution in [1.29, 1.82) is 0 Å². The molecule has 0 aromatic carbocycles. The van der Waals surface area contributed by atoms with Crippen molar-refractivity contribution in [3.8, 4) is 0 Å². The molecule has 4 heteroatoms. The summed E-state index contributed by atoms with van der Waals surface area (Å²) in [5.74, 6) is -0.123. The minimum atomic E-state index is -1.51. The number of aromatic nitrogens is 1. The van der Waals surface area contributed by atoms with Gasteiger partial charge in [0.2, 0.25) is 0 Å². The van der Waals surface area contributed by atoms with Gasteiger partial charge in [0.1, 0.15) is 8.07 Å². The Hall–Kier alpha value is -1.16. The molecule has 0 unspecified atom stereocenters. The summed E-state index contributed by atoms with van der Waals surface area (Å²) >= 11 is 0. The van der Waals surface area contributed by atoms with Gasteiger partial charge in [0.05, 0.1) is 13.5 Å². The van der Waals surface area contributed by atoms with Gasteiger partial charge in [-0.2, -0.15) is 0 Å². The van der Waals surface area contributed by atoms with E-state index in [1.165, 1.54) is 12.4 Å². The van der Waals surface area contributed by atoms with E-state index in [4.69, 9.17) is 4.74 Å². The average Bonchev–Trinajstić information content (AvgIpc) is 2.37. The molecule has 0 fully saturated rings. The van der Waals surface area contributed by atoms with Gasteiger partial charge in [-0.05, 0) is 24.0 Å². The quantitative estimate of drug-likeness (QED) is 0.593. The van der Waals surface area contributed by atoms with Gasteiger partial charge < -0.3 is 4.74 Å². The maximum Gasteiger partial charge on any atom is 0.306 e. The third-order valence-electron chi connectivity index (χ3n) is 3.64. The van der Waals surface area contributed by atoms with E-state index in [0.29, 0.717) is 6.42 Å². The number of esters is 1. The van der Waals surface area contributed by atoms with E-state index in [1.54, 1.807) is 0 Å². The number of hydrogen-bond acceptors (Lipinski definition) is 3. The predicted molar refractivity (Wildman–Crippen MR) is 81.2 cm³/mol. The summed E-state index contributed by atoms with van der Waals surface area (Å²) < 4.78 is 4.76. The molecule has 0 aliphatic carbocycles. The molecule has 0 bridgehead atoms. The number of hydrogen-bond donors (Lipinski definition) is 0. The monoisotopic (exact) mass is 279 g/mol. The highest BCUT2D eigenvalue weighted by Crippen LogP contribution is 2.30. The van der Waals surface area contributed by atoms with Crippen LogP contribution in [-0.4, -0.2) is 26.1 Å². The highest BCUT2D eigenvalue weighted by molar-refractivity contribution is 6.89. The first-order chi connectivity index (χ1) is 8.77. The van der Waals surface area contributed by atoms with Gasteiger partial charge in [-0.15, -0.1) is 0 Å². The van der Waals surface area contributed by atoms with Crippen molar-refractivity contribution in [1.82, 2.24) is 4.98 Å². The molecule has 0 saturated carbocycles. The number of pyridine rings is 1. The molecule has 1 aromatic rings. The van der Waals surface area contributed by atoms with Crippen LogP contribution in [0.3, 0.4) is 0 Å². The first kappa shape index (κ1) is 15.9. The summed E-state index contributed by atoms with van der Waals surface area (Å²) in [6, 6.07) is 7.26. The fourth-order valence-electron chi connectivity index (χ4n) is 2.09. The van der Waals surface area contributed by atoms with Crippen molar-refractivity contribution in [2.24, 2.45) is 5.41 Å². The Morgan fingerprint density at radius 2 is 2.05 bits per heavy atom. The molecule has 1 aromatic heterocycles. The van der Waals surface area contributed by atoms with E-state index in [-0.39, 0.29) is 11.4 Å². The molecule has 0 amide bonds. The smallest absolute Gasteiger partial charge is 0.306 e. The Bertz CT molecular complexity index is 415. The van der Waals surface area contributed by atoms with Crippen LogP contribution >= 0.6 is 0 Å². The van der Waals surface area contributed by atoms with E-state index in [2.05, 4.69) is 44.1 Å². The van der Waals surface area contributed by atoms with Gasteiger partial charge in [0, 0.05) is 11.5 Å². The summed E-state index contributed by atoms with van der Waals surface area (Å²) in [6.45, 7) is 8.94. The van der Waals surface area contributed by atoms with Gasteiger partial charge in [0.25, 0.3) is 0 Å². The van der Waals surface area contributed by atoms with Gasteiger partial charge in [-0.25, -0.2) is 0 Å². The van der Waals surface area contributed by atoms with E-state index in [9.17, 15) is 4.79 Å². The fourth-order valence-corrected chi connectivity index (χ4v) is 4.62. The van der Waals surface area contributed by atoms with Crippen molar-refractivity contribution in [3.63, 3.8) is 0 Å². The maximum atomic E-state index is 11.4. The summed E-state index contributed by atoms with van der Waals surface area (Å²) in [5.41, 5.74) is -0.00779. The zero-order valence-electron chi connectivity index (χ0n) is 12.7. The predicted octanol–water partition coefficient (Wildman–Crippen LogP) is 2.98. The van der Waals surface area contributed by atoms with Crippen LogP contribution in [0.5, 0.6) is 0 Å². The molecule has 1 rings (SSSR count). The van der Waals surface area contributed by atoms with E-state index in [1.807, 2.05) is 12.3 Å². The van der Waals surface area contributed by atoms with Crippen LogP contribution in [0.2, 0.25) is 19.1 Å². The third kappa shape index (κ3) is 5.15.